The maximum absolute atomic E-state index is 5.78. The van der Waals surface area contributed by atoms with Crippen LogP contribution in [0.4, 0.5) is 0 Å². The molecule has 0 radical (unpaired) electrons. The van der Waals surface area contributed by atoms with Crippen molar-refractivity contribution in [3.05, 3.63) is 42.4 Å². The van der Waals surface area contributed by atoms with Crippen LogP contribution >= 0.6 is 0 Å². The Kier molecular flexibility index (Phi) is 3.94. The van der Waals surface area contributed by atoms with Crippen molar-refractivity contribution in [1.82, 2.24) is 9.97 Å². The fraction of sp³-hybridized carbons (Fsp3) is 0.357. The summed E-state index contributed by atoms with van der Waals surface area (Å²) in [5.74, 6) is 1.35. The van der Waals surface area contributed by atoms with Crippen LogP contribution in [0.15, 0.2) is 36.5 Å². The molecule has 3 nitrogen and oxygen atoms in total. The molecule has 1 aromatic carbocycles. The van der Waals surface area contributed by atoms with Crippen LogP contribution < -0.4 is 5.73 Å². The zero-order valence-corrected chi connectivity index (χ0v) is 10.2. The van der Waals surface area contributed by atoms with Gasteiger partial charge in [0, 0.05) is 12.5 Å². The van der Waals surface area contributed by atoms with Crippen molar-refractivity contribution in [2.24, 2.45) is 5.73 Å². The van der Waals surface area contributed by atoms with Crippen LogP contribution in [0.3, 0.4) is 0 Å². The summed E-state index contributed by atoms with van der Waals surface area (Å²) < 4.78 is 0. The van der Waals surface area contributed by atoms with Gasteiger partial charge in [-0.25, -0.2) is 4.98 Å². The summed E-state index contributed by atoms with van der Waals surface area (Å²) >= 11 is 0. The topological polar surface area (TPSA) is 54.7 Å². The van der Waals surface area contributed by atoms with Crippen molar-refractivity contribution in [3.8, 4) is 11.3 Å². The van der Waals surface area contributed by atoms with E-state index in [2.05, 4.69) is 29.0 Å². The minimum Gasteiger partial charge on any atom is -0.342 e. The van der Waals surface area contributed by atoms with Gasteiger partial charge in [0.2, 0.25) is 0 Å². The SMILES string of the molecule is CCCC(CN)c1ncc(-c2ccccc2)[nH]1. The smallest absolute Gasteiger partial charge is 0.110 e. The largest absolute Gasteiger partial charge is 0.342 e. The van der Waals surface area contributed by atoms with Crippen LogP contribution in [0.5, 0.6) is 0 Å². The predicted molar refractivity (Wildman–Crippen MR) is 70.7 cm³/mol. The summed E-state index contributed by atoms with van der Waals surface area (Å²) in [7, 11) is 0. The van der Waals surface area contributed by atoms with Crippen molar-refractivity contribution < 1.29 is 0 Å². The third kappa shape index (κ3) is 2.74. The monoisotopic (exact) mass is 229 g/mol. The number of H-pyrrole nitrogens is 1. The summed E-state index contributed by atoms with van der Waals surface area (Å²) in [5, 5.41) is 0. The molecule has 0 aliphatic carbocycles. The fourth-order valence-corrected chi connectivity index (χ4v) is 2.02. The van der Waals surface area contributed by atoms with E-state index in [0.717, 1.165) is 24.4 Å². The lowest BCUT2D eigenvalue weighted by Gasteiger charge is -2.09. The van der Waals surface area contributed by atoms with Gasteiger partial charge < -0.3 is 10.7 Å². The molecule has 17 heavy (non-hydrogen) atoms. The van der Waals surface area contributed by atoms with Crippen LogP contribution in [0.2, 0.25) is 0 Å². The van der Waals surface area contributed by atoms with Gasteiger partial charge in [0.05, 0.1) is 11.9 Å². The number of nitrogens with two attached hydrogens (primary N) is 1. The zero-order chi connectivity index (χ0) is 12.1. The molecule has 1 unspecified atom stereocenters. The van der Waals surface area contributed by atoms with E-state index in [0.29, 0.717) is 12.5 Å². The van der Waals surface area contributed by atoms with E-state index in [1.165, 1.54) is 5.56 Å². The number of aromatic amines is 1. The van der Waals surface area contributed by atoms with E-state index in [4.69, 9.17) is 5.73 Å². The first-order chi connectivity index (χ1) is 8.35. The Balaban J connectivity index is 2.21. The Bertz CT molecular complexity index is 448. The maximum Gasteiger partial charge on any atom is 0.110 e. The summed E-state index contributed by atoms with van der Waals surface area (Å²) in [6.45, 7) is 2.82. The molecule has 0 saturated carbocycles. The third-order valence-electron chi connectivity index (χ3n) is 2.99. The maximum atomic E-state index is 5.78. The number of hydrogen-bond acceptors (Lipinski definition) is 2. The highest BCUT2D eigenvalue weighted by atomic mass is 14.9. The van der Waals surface area contributed by atoms with Gasteiger partial charge in [-0.3, -0.25) is 0 Å². The summed E-state index contributed by atoms with van der Waals surface area (Å²) in [6, 6.07) is 10.2. The molecule has 0 bridgehead atoms. The van der Waals surface area contributed by atoms with Crippen molar-refractivity contribution >= 4 is 0 Å². The average Bonchev–Trinajstić information content (AvgIpc) is 2.86. The second-order valence-corrected chi connectivity index (χ2v) is 4.27. The number of nitrogens with zero attached hydrogens (tertiary/aromatic N) is 1. The van der Waals surface area contributed by atoms with Gasteiger partial charge in [-0.1, -0.05) is 43.7 Å². The van der Waals surface area contributed by atoms with E-state index >= 15 is 0 Å². The summed E-state index contributed by atoms with van der Waals surface area (Å²) in [6.07, 6.45) is 4.10. The van der Waals surface area contributed by atoms with E-state index in [1.807, 2.05) is 24.4 Å². The zero-order valence-electron chi connectivity index (χ0n) is 10.2. The Morgan fingerprint density at radius 3 is 2.71 bits per heavy atom. The van der Waals surface area contributed by atoms with Crippen molar-refractivity contribution in [2.75, 3.05) is 6.54 Å². The number of aromatic nitrogens is 2. The standard InChI is InChI=1S/C14H19N3/c1-2-6-12(9-15)14-16-10-13(17-14)11-7-4-3-5-8-11/h3-5,7-8,10,12H,2,6,9,15H2,1H3,(H,16,17). The van der Waals surface area contributed by atoms with Gasteiger partial charge in [0.1, 0.15) is 5.82 Å². The number of imidazole rings is 1. The van der Waals surface area contributed by atoms with Gasteiger partial charge in [-0.2, -0.15) is 0 Å². The molecular formula is C14H19N3. The number of benzene rings is 1. The normalized spacial score (nSPS) is 12.6. The lowest BCUT2D eigenvalue weighted by atomic mass is 10.0. The Hall–Kier alpha value is -1.61. The minimum absolute atomic E-state index is 0.345. The van der Waals surface area contributed by atoms with Gasteiger partial charge in [-0.05, 0) is 12.0 Å². The highest BCUT2D eigenvalue weighted by molar-refractivity contribution is 5.58. The molecule has 2 aromatic rings. The fourth-order valence-electron chi connectivity index (χ4n) is 2.02. The van der Waals surface area contributed by atoms with Crippen molar-refractivity contribution in [3.63, 3.8) is 0 Å². The van der Waals surface area contributed by atoms with E-state index in [-0.39, 0.29) is 0 Å². The van der Waals surface area contributed by atoms with Crippen LogP contribution in [0.25, 0.3) is 11.3 Å². The summed E-state index contributed by atoms with van der Waals surface area (Å²) in [5.41, 5.74) is 8.01. The van der Waals surface area contributed by atoms with Crippen LogP contribution in [-0.2, 0) is 0 Å². The molecule has 1 heterocycles. The first-order valence-corrected chi connectivity index (χ1v) is 6.15. The second kappa shape index (κ2) is 5.64. The Morgan fingerprint density at radius 2 is 2.06 bits per heavy atom. The van der Waals surface area contributed by atoms with Gasteiger partial charge in [-0.15, -0.1) is 0 Å². The molecule has 0 fully saturated rings. The number of hydrogen-bond donors (Lipinski definition) is 2. The first-order valence-electron chi connectivity index (χ1n) is 6.15. The lowest BCUT2D eigenvalue weighted by molar-refractivity contribution is 0.595. The third-order valence-corrected chi connectivity index (χ3v) is 2.99. The first kappa shape index (κ1) is 11.9. The van der Waals surface area contributed by atoms with Crippen molar-refractivity contribution in [1.29, 1.82) is 0 Å². The van der Waals surface area contributed by atoms with Crippen LogP contribution in [0, 0.1) is 0 Å². The quantitative estimate of drug-likeness (QED) is 0.828. The molecule has 0 saturated heterocycles. The van der Waals surface area contributed by atoms with E-state index in [9.17, 15) is 0 Å². The minimum atomic E-state index is 0.345. The highest BCUT2D eigenvalue weighted by Crippen LogP contribution is 2.21. The summed E-state index contributed by atoms with van der Waals surface area (Å²) in [4.78, 5) is 7.82. The molecule has 0 aliphatic rings. The molecule has 0 aliphatic heterocycles. The number of nitrogens with one attached hydrogen (secondary N) is 1. The highest BCUT2D eigenvalue weighted by Gasteiger charge is 2.12. The molecule has 3 N–H and O–H groups in total. The average molecular weight is 229 g/mol. The Morgan fingerprint density at radius 1 is 1.29 bits per heavy atom. The number of rotatable bonds is 5. The van der Waals surface area contributed by atoms with Crippen molar-refractivity contribution in [2.45, 2.75) is 25.7 Å². The molecule has 1 atom stereocenters. The van der Waals surface area contributed by atoms with Crippen LogP contribution in [0.1, 0.15) is 31.5 Å². The molecule has 1 aromatic heterocycles. The molecule has 0 amide bonds. The molecule has 90 valence electrons. The molecule has 0 spiro atoms. The second-order valence-electron chi connectivity index (χ2n) is 4.27. The van der Waals surface area contributed by atoms with E-state index < -0.39 is 0 Å². The lowest BCUT2D eigenvalue weighted by Crippen LogP contribution is -2.13. The van der Waals surface area contributed by atoms with Gasteiger partial charge in [0.25, 0.3) is 0 Å². The molecular weight excluding hydrogens is 210 g/mol. The van der Waals surface area contributed by atoms with E-state index in [1.54, 1.807) is 0 Å². The van der Waals surface area contributed by atoms with Crippen LogP contribution in [-0.4, -0.2) is 16.5 Å². The molecule has 2 rings (SSSR count). The van der Waals surface area contributed by atoms with Gasteiger partial charge in [0.15, 0.2) is 0 Å². The predicted octanol–water partition coefficient (Wildman–Crippen LogP) is 2.92. The van der Waals surface area contributed by atoms with Gasteiger partial charge >= 0.3 is 0 Å². The molecule has 3 heteroatoms. The Labute approximate surface area is 102 Å².